The van der Waals surface area contributed by atoms with Crippen LogP contribution in [0.2, 0.25) is 0 Å². The van der Waals surface area contributed by atoms with Gasteiger partial charge in [0.2, 0.25) is 5.95 Å². The van der Waals surface area contributed by atoms with Crippen LogP contribution in [-0.2, 0) is 6.54 Å². The van der Waals surface area contributed by atoms with Crippen molar-refractivity contribution >= 4 is 11.8 Å². The van der Waals surface area contributed by atoms with Crippen molar-refractivity contribution in [2.75, 3.05) is 23.3 Å². The molecule has 0 spiro atoms. The minimum atomic E-state index is -0.223. The number of rotatable bonds is 5. The topological polar surface area (TPSA) is 41.1 Å². The van der Waals surface area contributed by atoms with Gasteiger partial charge in [-0.15, -0.1) is 0 Å². The van der Waals surface area contributed by atoms with Gasteiger partial charge in [0, 0.05) is 31.3 Å². The standard InChI is InChI=1S/C23H25FN4/c1-17-11-13-28(14-12-17)23-26-21(19-5-3-2-4-6-19)15-22(27-23)25-16-18-7-9-20(24)10-8-18/h2-10,15,17H,11-14,16H2,1H3,(H,25,26,27). The number of piperidine rings is 1. The summed E-state index contributed by atoms with van der Waals surface area (Å²) in [6.45, 7) is 4.85. The Bertz CT molecular complexity index is 904. The average molecular weight is 376 g/mol. The van der Waals surface area contributed by atoms with Gasteiger partial charge in [-0.05, 0) is 36.5 Å². The van der Waals surface area contributed by atoms with Crippen LogP contribution in [0.15, 0.2) is 60.7 Å². The van der Waals surface area contributed by atoms with Gasteiger partial charge < -0.3 is 10.2 Å². The van der Waals surface area contributed by atoms with Gasteiger partial charge in [-0.1, -0.05) is 49.4 Å². The Hall–Kier alpha value is -2.95. The first-order chi connectivity index (χ1) is 13.7. The first kappa shape index (κ1) is 18.4. The van der Waals surface area contributed by atoms with Crippen molar-refractivity contribution in [3.8, 4) is 11.3 Å². The molecule has 0 bridgehead atoms. The Morgan fingerprint density at radius 2 is 1.71 bits per heavy atom. The molecule has 0 atom stereocenters. The lowest BCUT2D eigenvalue weighted by molar-refractivity contribution is 0.434. The van der Waals surface area contributed by atoms with Crippen LogP contribution in [0.4, 0.5) is 16.2 Å². The first-order valence-electron chi connectivity index (χ1n) is 9.85. The summed E-state index contributed by atoms with van der Waals surface area (Å²) in [6, 6.07) is 18.7. The summed E-state index contributed by atoms with van der Waals surface area (Å²) in [5.74, 6) is 2.09. The summed E-state index contributed by atoms with van der Waals surface area (Å²) >= 11 is 0. The third kappa shape index (κ3) is 4.47. The van der Waals surface area contributed by atoms with E-state index in [-0.39, 0.29) is 5.82 Å². The molecule has 0 radical (unpaired) electrons. The number of nitrogens with one attached hydrogen (secondary N) is 1. The summed E-state index contributed by atoms with van der Waals surface area (Å²) in [6.07, 6.45) is 2.33. The van der Waals surface area contributed by atoms with Crippen molar-refractivity contribution in [3.05, 3.63) is 72.0 Å². The van der Waals surface area contributed by atoms with Crippen molar-refractivity contribution in [3.63, 3.8) is 0 Å². The lowest BCUT2D eigenvalue weighted by atomic mass is 10.00. The molecule has 144 valence electrons. The van der Waals surface area contributed by atoms with Gasteiger partial charge in [0.05, 0.1) is 5.69 Å². The molecular weight excluding hydrogens is 351 g/mol. The van der Waals surface area contributed by atoms with E-state index in [2.05, 4.69) is 29.3 Å². The second kappa shape index (κ2) is 8.38. The first-order valence-corrected chi connectivity index (χ1v) is 9.85. The van der Waals surface area contributed by atoms with Crippen molar-refractivity contribution in [1.82, 2.24) is 9.97 Å². The highest BCUT2D eigenvalue weighted by molar-refractivity contribution is 5.64. The van der Waals surface area contributed by atoms with E-state index >= 15 is 0 Å². The summed E-state index contributed by atoms with van der Waals surface area (Å²) in [7, 11) is 0. The zero-order chi connectivity index (χ0) is 19.3. The zero-order valence-electron chi connectivity index (χ0n) is 16.1. The largest absolute Gasteiger partial charge is 0.366 e. The molecule has 0 unspecified atom stereocenters. The molecule has 1 saturated heterocycles. The molecule has 3 aromatic rings. The van der Waals surface area contributed by atoms with Crippen molar-refractivity contribution in [2.45, 2.75) is 26.3 Å². The molecule has 5 heteroatoms. The highest BCUT2D eigenvalue weighted by Gasteiger charge is 2.19. The molecule has 1 N–H and O–H groups in total. The van der Waals surface area contributed by atoms with Crippen molar-refractivity contribution in [1.29, 1.82) is 0 Å². The van der Waals surface area contributed by atoms with Crippen molar-refractivity contribution in [2.24, 2.45) is 5.92 Å². The fourth-order valence-electron chi connectivity index (χ4n) is 3.43. The smallest absolute Gasteiger partial charge is 0.227 e. The minimum Gasteiger partial charge on any atom is -0.366 e. The van der Waals surface area contributed by atoms with Gasteiger partial charge in [-0.25, -0.2) is 9.37 Å². The Balaban J connectivity index is 1.60. The van der Waals surface area contributed by atoms with Crippen LogP contribution in [0.3, 0.4) is 0 Å². The lowest BCUT2D eigenvalue weighted by Crippen LogP contribution is -2.34. The van der Waals surface area contributed by atoms with Crippen LogP contribution in [0.1, 0.15) is 25.3 Å². The molecular formula is C23H25FN4. The second-order valence-corrected chi connectivity index (χ2v) is 7.45. The average Bonchev–Trinajstić information content (AvgIpc) is 2.74. The van der Waals surface area contributed by atoms with Crippen LogP contribution >= 0.6 is 0 Å². The van der Waals surface area contributed by atoms with Gasteiger partial charge in [0.25, 0.3) is 0 Å². The summed E-state index contributed by atoms with van der Waals surface area (Å²) in [4.78, 5) is 11.9. The molecule has 2 aromatic carbocycles. The van der Waals surface area contributed by atoms with Crippen molar-refractivity contribution < 1.29 is 4.39 Å². The zero-order valence-corrected chi connectivity index (χ0v) is 16.1. The molecule has 1 aliphatic heterocycles. The summed E-state index contributed by atoms with van der Waals surface area (Å²) in [5.41, 5.74) is 2.99. The van der Waals surface area contributed by atoms with E-state index < -0.39 is 0 Å². The van der Waals surface area contributed by atoms with Crippen LogP contribution < -0.4 is 10.2 Å². The van der Waals surface area contributed by atoms with Gasteiger partial charge in [-0.3, -0.25) is 0 Å². The highest BCUT2D eigenvalue weighted by atomic mass is 19.1. The Morgan fingerprint density at radius 3 is 2.43 bits per heavy atom. The van der Waals surface area contributed by atoms with E-state index in [1.807, 2.05) is 24.3 Å². The molecule has 1 aliphatic rings. The van der Waals surface area contributed by atoms with E-state index in [9.17, 15) is 4.39 Å². The second-order valence-electron chi connectivity index (χ2n) is 7.45. The van der Waals surface area contributed by atoms with Crippen LogP contribution in [-0.4, -0.2) is 23.1 Å². The normalized spacial score (nSPS) is 14.9. The van der Waals surface area contributed by atoms with Gasteiger partial charge in [-0.2, -0.15) is 4.98 Å². The highest BCUT2D eigenvalue weighted by Crippen LogP contribution is 2.26. The Morgan fingerprint density at radius 1 is 1.00 bits per heavy atom. The number of aromatic nitrogens is 2. The third-order valence-electron chi connectivity index (χ3n) is 5.24. The summed E-state index contributed by atoms with van der Waals surface area (Å²) < 4.78 is 13.1. The molecule has 0 saturated carbocycles. The van der Waals surface area contributed by atoms with Crippen LogP contribution in [0.5, 0.6) is 0 Å². The monoisotopic (exact) mass is 376 g/mol. The van der Waals surface area contributed by atoms with E-state index in [0.717, 1.165) is 60.4 Å². The third-order valence-corrected chi connectivity index (χ3v) is 5.24. The van der Waals surface area contributed by atoms with E-state index in [1.54, 1.807) is 12.1 Å². The molecule has 28 heavy (non-hydrogen) atoms. The molecule has 4 rings (SSSR count). The Labute approximate surface area is 165 Å². The number of hydrogen-bond acceptors (Lipinski definition) is 4. The maximum absolute atomic E-state index is 13.1. The Kier molecular flexibility index (Phi) is 5.51. The molecule has 2 heterocycles. The predicted molar refractivity (Wildman–Crippen MR) is 112 cm³/mol. The summed E-state index contributed by atoms with van der Waals surface area (Å²) in [5, 5.41) is 3.38. The van der Waals surface area contributed by atoms with Gasteiger partial charge in [0.15, 0.2) is 0 Å². The molecule has 0 amide bonds. The fourth-order valence-corrected chi connectivity index (χ4v) is 3.43. The predicted octanol–water partition coefficient (Wildman–Crippen LogP) is 5.13. The molecule has 4 nitrogen and oxygen atoms in total. The molecule has 1 aromatic heterocycles. The van der Waals surface area contributed by atoms with Gasteiger partial charge >= 0.3 is 0 Å². The fraction of sp³-hybridized carbons (Fsp3) is 0.304. The number of anilines is 2. The SMILES string of the molecule is CC1CCN(c2nc(NCc3ccc(F)cc3)cc(-c3ccccc3)n2)CC1. The maximum Gasteiger partial charge on any atom is 0.227 e. The van der Waals surface area contributed by atoms with E-state index in [4.69, 9.17) is 9.97 Å². The van der Waals surface area contributed by atoms with Crippen LogP contribution in [0.25, 0.3) is 11.3 Å². The maximum atomic E-state index is 13.1. The molecule has 1 fully saturated rings. The quantitative estimate of drug-likeness (QED) is 0.670. The minimum absolute atomic E-state index is 0.223. The van der Waals surface area contributed by atoms with E-state index in [1.165, 1.54) is 12.1 Å². The van der Waals surface area contributed by atoms with Gasteiger partial charge in [0.1, 0.15) is 11.6 Å². The number of hydrogen-bond donors (Lipinski definition) is 1. The number of benzene rings is 2. The number of nitrogens with zero attached hydrogens (tertiary/aromatic N) is 3. The van der Waals surface area contributed by atoms with Crippen LogP contribution in [0, 0.1) is 11.7 Å². The van der Waals surface area contributed by atoms with E-state index in [0.29, 0.717) is 6.54 Å². The lowest BCUT2D eigenvalue weighted by Gasteiger charge is -2.30. The molecule has 0 aliphatic carbocycles. The number of halogens is 1.